The van der Waals surface area contributed by atoms with E-state index in [-0.39, 0.29) is 25.5 Å². The molecule has 0 unspecified atom stereocenters. The van der Waals surface area contributed by atoms with Crippen molar-refractivity contribution in [2.24, 2.45) is 0 Å². The fraction of sp³-hybridized carbons (Fsp3) is 0.583. The van der Waals surface area contributed by atoms with E-state index in [2.05, 4.69) is 16.6 Å². The summed E-state index contributed by atoms with van der Waals surface area (Å²) in [6, 6.07) is -0.736. The minimum absolute atomic E-state index is 0.0625. The van der Waals surface area contributed by atoms with Crippen LogP contribution in [0.25, 0.3) is 0 Å². The van der Waals surface area contributed by atoms with Crippen LogP contribution in [0, 0.1) is 0 Å². The number of carbonyl (C=O) groups excluding carboxylic acids is 2. The van der Waals surface area contributed by atoms with Crippen LogP contribution in [0.5, 0.6) is 0 Å². The molecule has 7 nitrogen and oxygen atoms in total. The predicted octanol–water partition coefficient (Wildman–Crippen LogP) is 0.364. The number of amides is 2. The molecule has 0 aliphatic carbocycles. The molecular formula is C12H18N2O5. The number of likely N-dealkylation sites (tertiary alicyclic amines) is 1. The van der Waals surface area contributed by atoms with Crippen molar-refractivity contribution in [3.8, 4) is 0 Å². The molecule has 0 bridgehead atoms. The fourth-order valence-electron chi connectivity index (χ4n) is 1.92. The summed E-state index contributed by atoms with van der Waals surface area (Å²) in [7, 11) is 0. The molecule has 0 aromatic rings. The molecule has 1 aliphatic rings. The normalized spacial score (nSPS) is 17.9. The Morgan fingerprint density at radius 1 is 1.47 bits per heavy atom. The first kappa shape index (κ1) is 15.0. The minimum Gasteiger partial charge on any atom is -0.480 e. The van der Waals surface area contributed by atoms with Gasteiger partial charge in [0.15, 0.2) is 0 Å². The molecule has 2 N–H and O–H groups in total. The fourth-order valence-corrected chi connectivity index (χ4v) is 1.92. The van der Waals surface area contributed by atoms with Gasteiger partial charge in [-0.2, -0.15) is 0 Å². The Hall–Kier alpha value is -2.05. The molecule has 1 fully saturated rings. The number of nitrogens with zero attached hydrogens (tertiary/aromatic N) is 1. The Labute approximate surface area is 111 Å². The highest BCUT2D eigenvalue weighted by Crippen LogP contribution is 2.18. The summed E-state index contributed by atoms with van der Waals surface area (Å²) in [5, 5.41) is 11.4. The molecule has 1 atom stereocenters. The summed E-state index contributed by atoms with van der Waals surface area (Å²) in [4.78, 5) is 35.2. The van der Waals surface area contributed by atoms with Gasteiger partial charge in [-0.15, -0.1) is 0 Å². The summed E-state index contributed by atoms with van der Waals surface area (Å²) < 4.78 is 4.67. The van der Waals surface area contributed by atoms with Crippen LogP contribution in [0.4, 0.5) is 4.79 Å². The van der Waals surface area contributed by atoms with Crippen LogP contribution < -0.4 is 5.32 Å². The molecule has 19 heavy (non-hydrogen) atoms. The van der Waals surface area contributed by atoms with Crippen molar-refractivity contribution >= 4 is 18.0 Å². The van der Waals surface area contributed by atoms with Crippen LogP contribution in [-0.2, 0) is 14.3 Å². The molecule has 1 aliphatic heterocycles. The van der Waals surface area contributed by atoms with Crippen molar-refractivity contribution in [1.29, 1.82) is 0 Å². The topological polar surface area (TPSA) is 95.9 Å². The van der Waals surface area contributed by atoms with Gasteiger partial charge in [0.1, 0.15) is 12.6 Å². The quantitative estimate of drug-likeness (QED) is 0.679. The smallest absolute Gasteiger partial charge is 0.407 e. The Bertz CT molecular complexity index is 369. The number of alkyl carbamates (subject to hydrolysis) is 1. The SMILES string of the molecule is C=CCOC(=O)NCCC(=O)N1CCC[C@H]1C(=O)O. The monoisotopic (exact) mass is 270 g/mol. The molecule has 1 rings (SSSR count). The first-order valence-corrected chi connectivity index (χ1v) is 6.10. The largest absolute Gasteiger partial charge is 0.480 e. The molecule has 7 heteroatoms. The average molecular weight is 270 g/mol. The number of aliphatic carboxylic acids is 1. The Kier molecular flexibility index (Phi) is 5.84. The average Bonchev–Trinajstić information content (AvgIpc) is 2.85. The van der Waals surface area contributed by atoms with Gasteiger partial charge in [0.25, 0.3) is 0 Å². The van der Waals surface area contributed by atoms with E-state index in [1.807, 2.05) is 0 Å². The highest BCUT2D eigenvalue weighted by Gasteiger charge is 2.33. The molecule has 2 amide bonds. The molecule has 0 aromatic heterocycles. The van der Waals surface area contributed by atoms with E-state index in [0.29, 0.717) is 19.4 Å². The van der Waals surface area contributed by atoms with Crippen LogP contribution in [0.2, 0.25) is 0 Å². The zero-order chi connectivity index (χ0) is 14.3. The second kappa shape index (κ2) is 7.40. The number of nitrogens with one attached hydrogen (secondary N) is 1. The number of carbonyl (C=O) groups is 3. The minimum atomic E-state index is -0.982. The van der Waals surface area contributed by atoms with Crippen molar-refractivity contribution in [1.82, 2.24) is 10.2 Å². The molecule has 0 aromatic carbocycles. The summed E-state index contributed by atoms with van der Waals surface area (Å²) in [6.07, 6.45) is 2.05. The Balaban J connectivity index is 2.29. The first-order valence-electron chi connectivity index (χ1n) is 6.10. The number of carboxylic acids is 1. The van der Waals surface area contributed by atoms with E-state index in [4.69, 9.17) is 5.11 Å². The molecule has 106 valence electrons. The highest BCUT2D eigenvalue weighted by molar-refractivity contribution is 5.84. The van der Waals surface area contributed by atoms with Crippen molar-refractivity contribution in [3.63, 3.8) is 0 Å². The highest BCUT2D eigenvalue weighted by atomic mass is 16.5. The van der Waals surface area contributed by atoms with Gasteiger partial charge in [-0.1, -0.05) is 12.7 Å². The van der Waals surface area contributed by atoms with Gasteiger partial charge < -0.3 is 20.1 Å². The maximum Gasteiger partial charge on any atom is 0.407 e. The van der Waals surface area contributed by atoms with E-state index >= 15 is 0 Å². The third-order valence-corrected chi connectivity index (χ3v) is 2.80. The Morgan fingerprint density at radius 3 is 2.84 bits per heavy atom. The molecule has 1 heterocycles. The third-order valence-electron chi connectivity index (χ3n) is 2.80. The molecule has 1 saturated heterocycles. The summed E-state index contributed by atoms with van der Waals surface area (Å²) in [5.41, 5.74) is 0. The first-order chi connectivity index (χ1) is 9.06. The second-order valence-electron chi connectivity index (χ2n) is 4.15. The number of hydrogen-bond acceptors (Lipinski definition) is 4. The van der Waals surface area contributed by atoms with E-state index in [0.717, 1.165) is 0 Å². The lowest BCUT2D eigenvalue weighted by molar-refractivity contribution is -0.148. The Morgan fingerprint density at radius 2 is 2.21 bits per heavy atom. The van der Waals surface area contributed by atoms with Crippen LogP contribution in [0.1, 0.15) is 19.3 Å². The number of ether oxygens (including phenoxy) is 1. The zero-order valence-electron chi connectivity index (χ0n) is 10.6. The number of carboxylic acid groups (broad SMARTS) is 1. The lowest BCUT2D eigenvalue weighted by Crippen LogP contribution is -2.41. The zero-order valence-corrected chi connectivity index (χ0v) is 10.6. The van der Waals surface area contributed by atoms with Crippen molar-refractivity contribution in [2.75, 3.05) is 19.7 Å². The van der Waals surface area contributed by atoms with Gasteiger partial charge in [0.05, 0.1) is 0 Å². The molecule has 0 saturated carbocycles. The molecular weight excluding hydrogens is 252 g/mol. The lowest BCUT2D eigenvalue weighted by Gasteiger charge is -2.21. The van der Waals surface area contributed by atoms with Gasteiger partial charge in [0.2, 0.25) is 5.91 Å². The molecule has 0 radical (unpaired) electrons. The van der Waals surface area contributed by atoms with E-state index in [9.17, 15) is 14.4 Å². The van der Waals surface area contributed by atoms with Gasteiger partial charge in [-0.05, 0) is 12.8 Å². The van der Waals surface area contributed by atoms with Gasteiger partial charge in [0, 0.05) is 19.5 Å². The van der Waals surface area contributed by atoms with Crippen LogP contribution in [0.3, 0.4) is 0 Å². The van der Waals surface area contributed by atoms with Gasteiger partial charge in [-0.25, -0.2) is 9.59 Å². The predicted molar refractivity (Wildman–Crippen MR) is 66.5 cm³/mol. The maximum absolute atomic E-state index is 11.8. The summed E-state index contributed by atoms with van der Waals surface area (Å²) >= 11 is 0. The van der Waals surface area contributed by atoms with Gasteiger partial charge >= 0.3 is 12.1 Å². The number of hydrogen-bond donors (Lipinski definition) is 2. The van der Waals surface area contributed by atoms with Crippen molar-refractivity contribution in [3.05, 3.63) is 12.7 Å². The van der Waals surface area contributed by atoms with E-state index in [1.54, 1.807) is 0 Å². The lowest BCUT2D eigenvalue weighted by atomic mass is 10.2. The van der Waals surface area contributed by atoms with Crippen molar-refractivity contribution < 1.29 is 24.2 Å². The van der Waals surface area contributed by atoms with Gasteiger partial charge in [-0.3, -0.25) is 4.79 Å². The van der Waals surface area contributed by atoms with E-state index < -0.39 is 18.1 Å². The molecule has 0 spiro atoms. The number of rotatable bonds is 6. The van der Waals surface area contributed by atoms with E-state index in [1.165, 1.54) is 11.0 Å². The third kappa shape index (κ3) is 4.61. The summed E-state index contributed by atoms with van der Waals surface area (Å²) in [5.74, 6) is -1.25. The van der Waals surface area contributed by atoms with Crippen LogP contribution in [-0.4, -0.2) is 53.7 Å². The van der Waals surface area contributed by atoms with Crippen molar-refractivity contribution in [2.45, 2.75) is 25.3 Å². The second-order valence-corrected chi connectivity index (χ2v) is 4.15. The van der Waals surface area contributed by atoms with Crippen LogP contribution >= 0.6 is 0 Å². The summed E-state index contributed by atoms with van der Waals surface area (Å²) in [6.45, 7) is 4.08. The maximum atomic E-state index is 11.8. The standard InChI is InChI=1S/C12H18N2O5/c1-2-8-19-12(18)13-6-5-10(15)14-7-3-4-9(14)11(16)17/h2,9H,1,3-8H2,(H,13,18)(H,16,17)/t9-/m0/s1. The van der Waals surface area contributed by atoms with Crippen LogP contribution in [0.15, 0.2) is 12.7 Å².